The highest BCUT2D eigenvalue weighted by molar-refractivity contribution is 5.89. The maximum absolute atomic E-state index is 11.7. The van der Waals surface area contributed by atoms with Gasteiger partial charge >= 0.3 is 5.97 Å². The normalized spacial score (nSPS) is 10.3. The van der Waals surface area contributed by atoms with Crippen LogP contribution in [0.15, 0.2) is 18.2 Å². The van der Waals surface area contributed by atoms with Crippen molar-refractivity contribution >= 4 is 5.97 Å². The van der Waals surface area contributed by atoms with Crippen LogP contribution in [0.3, 0.4) is 0 Å². The van der Waals surface area contributed by atoms with Crippen LogP contribution < -0.4 is 9.47 Å². The van der Waals surface area contributed by atoms with Crippen molar-refractivity contribution in [2.45, 2.75) is 13.8 Å². The highest BCUT2D eigenvalue weighted by Crippen LogP contribution is 2.27. The van der Waals surface area contributed by atoms with Gasteiger partial charge in [-0.3, -0.25) is 4.89 Å². The Morgan fingerprint density at radius 2 is 1.83 bits per heavy atom. The molecule has 0 aliphatic rings. The van der Waals surface area contributed by atoms with Crippen molar-refractivity contribution in [3.8, 4) is 11.5 Å². The lowest BCUT2D eigenvalue weighted by molar-refractivity contribution is -0.246. The molecular formula is C13H18O5. The van der Waals surface area contributed by atoms with E-state index >= 15 is 0 Å². The monoisotopic (exact) mass is 254 g/mol. The lowest BCUT2D eigenvalue weighted by atomic mass is 10.2. The topological polar surface area (TPSA) is 54.0 Å². The second-order valence-corrected chi connectivity index (χ2v) is 4.12. The molecule has 0 amide bonds. The van der Waals surface area contributed by atoms with Gasteiger partial charge in [0.25, 0.3) is 0 Å². The van der Waals surface area contributed by atoms with Crippen molar-refractivity contribution in [3.63, 3.8) is 0 Å². The van der Waals surface area contributed by atoms with Gasteiger partial charge in [0, 0.05) is 0 Å². The number of ether oxygens (including phenoxy) is 2. The van der Waals surface area contributed by atoms with Crippen molar-refractivity contribution in [1.82, 2.24) is 0 Å². The molecule has 0 radical (unpaired) electrons. The minimum Gasteiger partial charge on any atom is -0.493 e. The Balaban J connectivity index is 2.68. The first-order chi connectivity index (χ1) is 8.58. The van der Waals surface area contributed by atoms with E-state index in [0.717, 1.165) is 0 Å². The van der Waals surface area contributed by atoms with Crippen molar-refractivity contribution < 1.29 is 24.0 Å². The van der Waals surface area contributed by atoms with Gasteiger partial charge in [0.05, 0.1) is 26.4 Å². The molecule has 0 atom stereocenters. The Kier molecular flexibility index (Phi) is 5.45. The van der Waals surface area contributed by atoms with E-state index in [0.29, 0.717) is 29.6 Å². The molecule has 1 rings (SSSR count). The number of rotatable bonds is 6. The molecule has 0 aliphatic heterocycles. The fraction of sp³-hybridized carbons (Fsp3) is 0.462. The standard InChI is InChI=1S/C13H18O5/c1-9(2)8-17-18-13(14)10-5-6-11(15-3)12(7-10)16-4/h5-7,9H,8H2,1-4H3. The molecule has 0 saturated carbocycles. The van der Waals surface area contributed by atoms with Crippen molar-refractivity contribution in [3.05, 3.63) is 23.8 Å². The van der Waals surface area contributed by atoms with Gasteiger partial charge in [0.1, 0.15) is 0 Å². The summed E-state index contributed by atoms with van der Waals surface area (Å²) in [6.07, 6.45) is 0. The van der Waals surface area contributed by atoms with Crippen molar-refractivity contribution in [1.29, 1.82) is 0 Å². The summed E-state index contributed by atoms with van der Waals surface area (Å²) >= 11 is 0. The Bertz CT molecular complexity index is 400. The van der Waals surface area contributed by atoms with Gasteiger partial charge in [-0.05, 0) is 24.1 Å². The smallest absolute Gasteiger partial charge is 0.373 e. The number of hydrogen-bond donors (Lipinski definition) is 0. The molecule has 0 aliphatic carbocycles. The summed E-state index contributed by atoms with van der Waals surface area (Å²) in [5.41, 5.74) is 0.344. The molecule has 0 saturated heterocycles. The summed E-state index contributed by atoms with van der Waals surface area (Å²) in [4.78, 5) is 21.1. The molecular weight excluding hydrogens is 236 g/mol. The minimum absolute atomic E-state index is 0.295. The van der Waals surface area contributed by atoms with Gasteiger partial charge < -0.3 is 9.47 Å². The maximum atomic E-state index is 11.7. The predicted molar refractivity (Wildman–Crippen MR) is 65.8 cm³/mol. The second kappa shape index (κ2) is 6.86. The number of methoxy groups -OCH3 is 2. The molecule has 0 bridgehead atoms. The first kappa shape index (κ1) is 14.3. The average Bonchev–Trinajstić information content (AvgIpc) is 2.37. The fourth-order valence-corrected chi connectivity index (χ4v) is 1.23. The van der Waals surface area contributed by atoms with Crippen LogP contribution in [0.4, 0.5) is 0 Å². The third-order valence-electron chi connectivity index (χ3n) is 2.16. The molecule has 0 N–H and O–H groups in total. The van der Waals surface area contributed by atoms with Gasteiger partial charge in [-0.25, -0.2) is 4.79 Å². The summed E-state index contributed by atoms with van der Waals surface area (Å²) in [6.45, 7) is 4.29. The molecule has 1 aromatic carbocycles. The van der Waals surface area contributed by atoms with E-state index in [1.165, 1.54) is 14.2 Å². The summed E-state index contributed by atoms with van der Waals surface area (Å²) in [5, 5.41) is 0. The first-order valence-electron chi connectivity index (χ1n) is 5.64. The van der Waals surface area contributed by atoms with E-state index in [1.807, 2.05) is 13.8 Å². The largest absolute Gasteiger partial charge is 0.493 e. The molecule has 5 heteroatoms. The zero-order valence-electron chi connectivity index (χ0n) is 11.1. The minimum atomic E-state index is -0.559. The van der Waals surface area contributed by atoms with Crippen LogP contribution in [0, 0.1) is 5.92 Å². The Hall–Kier alpha value is -1.75. The van der Waals surface area contributed by atoms with Gasteiger partial charge in [-0.15, -0.1) is 0 Å². The first-order valence-corrected chi connectivity index (χ1v) is 5.64. The summed E-state index contributed by atoms with van der Waals surface area (Å²) < 4.78 is 10.2. The molecule has 0 fully saturated rings. The third kappa shape index (κ3) is 3.92. The van der Waals surface area contributed by atoms with Gasteiger partial charge in [0.2, 0.25) is 0 Å². The molecule has 0 spiro atoms. The van der Waals surface area contributed by atoms with E-state index in [-0.39, 0.29) is 0 Å². The third-order valence-corrected chi connectivity index (χ3v) is 2.16. The number of carbonyl (C=O) groups is 1. The number of carbonyl (C=O) groups excluding carboxylic acids is 1. The number of benzene rings is 1. The van der Waals surface area contributed by atoms with Crippen LogP contribution in [0.2, 0.25) is 0 Å². The number of hydrogen-bond acceptors (Lipinski definition) is 5. The Labute approximate surface area is 107 Å². The zero-order valence-corrected chi connectivity index (χ0v) is 11.1. The zero-order chi connectivity index (χ0) is 13.5. The lowest BCUT2D eigenvalue weighted by Crippen LogP contribution is -2.10. The SMILES string of the molecule is COc1ccc(C(=O)OOCC(C)C)cc1OC. The van der Waals surface area contributed by atoms with Crippen molar-refractivity contribution in [2.24, 2.45) is 5.92 Å². The Morgan fingerprint density at radius 1 is 1.17 bits per heavy atom. The molecule has 0 aromatic heterocycles. The molecule has 5 nitrogen and oxygen atoms in total. The van der Waals surface area contributed by atoms with Gasteiger partial charge in [-0.1, -0.05) is 13.8 Å². The highest BCUT2D eigenvalue weighted by atomic mass is 17.2. The van der Waals surface area contributed by atoms with E-state index in [4.69, 9.17) is 14.4 Å². The van der Waals surface area contributed by atoms with Crippen LogP contribution in [0.1, 0.15) is 24.2 Å². The van der Waals surface area contributed by atoms with E-state index in [1.54, 1.807) is 18.2 Å². The van der Waals surface area contributed by atoms with Gasteiger partial charge in [-0.2, -0.15) is 4.89 Å². The quantitative estimate of drug-likeness (QED) is 0.576. The van der Waals surface area contributed by atoms with Crippen LogP contribution in [-0.4, -0.2) is 26.8 Å². The van der Waals surface area contributed by atoms with Crippen LogP contribution in [0.5, 0.6) is 11.5 Å². The molecule has 0 heterocycles. The molecule has 1 aromatic rings. The van der Waals surface area contributed by atoms with Crippen molar-refractivity contribution in [2.75, 3.05) is 20.8 Å². The van der Waals surface area contributed by atoms with E-state index < -0.39 is 5.97 Å². The maximum Gasteiger partial charge on any atom is 0.373 e. The van der Waals surface area contributed by atoms with Gasteiger partial charge in [0.15, 0.2) is 11.5 Å². The highest BCUT2D eigenvalue weighted by Gasteiger charge is 2.13. The summed E-state index contributed by atoms with van der Waals surface area (Å²) in [6, 6.07) is 4.76. The fourth-order valence-electron chi connectivity index (χ4n) is 1.23. The average molecular weight is 254 g/mol. The summed E-state index contributed by atoms with van der Waals surface area (Å²) in [5.74, 6) is 0.757. The van der Waals surface area contributed by atoms with Crippen LogP contribution >= 0.6 is 0 Å². The van der Waals surface area contributed by atoms with E-state index in [2.05, 4.69) is 4.89 Å². The molecule has 18 heavy (non-hydrogen) atoms. The lowest BCUT2D eigenvalue weighted by Gasteiger charge is -2.09. The second-order valence-electron chi connectivity index (χ2n) is 4.12. The van der Waals surface area contributed by atoms with Crippen LogP contribution in [0.25, 0.3) is 0 Å². The molecule has 100 valence electrons. The van der Waals surface area contributed by atoms with Crippen LogP contribution in [-0.2, 0) is 9.78 Å². The van der Waals surface area contributed by atoms with E-state index in [9.17, 15) is 4.79 Å². The Morgan fingerprint density at radius 3 is 2.39 bits per heavy atom. The molecule has 0 unspecified atom stereocenters. The predicted octanol–water partition coefficient (Wildman–Crippen LogP) is 2.45. The summed E-state index contributed by atoms with van der Waals surface area (Å²) in [7, 11) is 3.03.